The van der Waals surface area contributed by atoms with E-state index in [1.54, 1.807) is 19.1 Å². The summed E-state index contributed by atoms with van der Waals surface area (Å²) in [5, 5.41) is 3.32. The summed E-state index contributed by atoms with van der Waals surface area (Å²) >= 11 is 0. The van der Waals surface area contributed by atoms with Crippen LogP contribution in [0.2, 0.25) is 0 Å². The largest absolute Gasteiger partial charge is 0.328 e. The Labute approximate surface area is 114 Å². The number of fused-ring (bicyclic) bond motifs is 1. The molecule has 1 aromatic rings. The number of hydrogen-bond donors (Lipinski definition) is 2. The Morgan fingerprint density at radius 1 is 1.42 bits per heavy atom. The molecule has 1 aliphatic heterocycles. The lowest BCUT2D eigenvalue weighted by Gasteiger charge is -2.38. The Balaban J connectivity index is 2.49. The van der Waals surface area contributed by atoms with Crippen LogP contribution in [-0.4, -0.2) is 27.3 Å². The standard InChI is InChI=1S/C14H18N2O2S/c1-2-3-9-16-14(11-15)8-10-19(17,18)13-7-5-4-6-12(13)14/h4-7,16H,8-11,15H2,1H3. The lowest BCUT2D eigenvalue weighted by molar-refractivity contribution is 0.333. The molecular formula is C14H18N2O2S. The Bertz CT molecular complexity index is 628. The monoisotopic (exact) mass is 278 g/mol. The van der Waals surface area contributed by atoms with Crippen LogP contribution in [0.5, 0.6) is 0 Å². The number of nitrogens with two attached hydrogens (primary N) is 1. The van der Waals surface area contributed by atoms with Crippen molar-refractivity contribution in [1.29, 1.82) is 0 Å². The van der Waals surface area contributed by atoms with Crippen molar-refractivity contribution in [3.8, 4) is 11.8 Å². The average Bonchev–Trinajstić information content (AvgIpc) is 2.42. The molecule has 0 fully saturated rings. The van der Waals surface area contributed by atoms with Crippen molar-refractivity contribution < 1.29 is 8.42 Å². The van der Waals surface area contributed by atoms with Gasteiger partial charge in [0.15, 0.2) is 9.84 Å². The quantitative estimate of drug-likeness (QED) is 0.796. The Kier molecular flexibility index (Phi) is 3.95. The normalized spacial score (nSPS) is 24.1. The summed E-state index contributed by atoms with van der Waals surface area (Å²) in [6.45, 7) is 2.63. The molecule has 0 bridgehead atoms. The van der Waals surface area contributed by atoms with E-state index in [1.165, 1.54) is 0 Å². The van der Waals surface area contributed by atoms with Gasteiger partial charge in [-0.3, -0.25) is 5.32 Å². The van der Waals surface area contributed by atoms with E-state index in [4.69, 9.17) is 5.73 Å². The van der Waals surface area contributed by atoms with Crippen molar-refractivity contribution in [2.24, 2.45) is 5.73 Å². The minimum atomic E-state index is -3.19. The van der Waals surface area contributed by atoms with Gasteiger partial charge in [-0.05, 0) is 25.0 Å². The molecule has 0 aliphatic carbocycles. The average molecular weight is 278 g/mol. The molecule has 5 heteroatoms. The zero-order valence-corrected chi connectivity index (χ0v) is 11.8. The molecule has 4 nitrogen and oxygen atoms in total. The highest BCUT2D eigenvalue weighted by molar-refractivity contribution is 7.91. The van der Waals surface area contributed by atoms with Crippen LogP contribution >= 0.6 is 0 Å². The van der Waals surface area contributed by atoms with Crippen LogP contribution in [0, 0.1) is 11.8 Å². The summed E-state index contributed by atoms with van der Waals surface area (Å²) in [5.41, 5.74) is 6.19. The lowest BCUT2D eigenvalue weighted by Crippen LogP contribution is -2.52. The van der Waals surface area contributed by atoms with Crippen LogP contribution in [0.15, 0.2) is 29.2 Å². The minimum absolute atomic E-state index is 0.119. The molecule has 0 aromatic heterocycles. The van der Waals surface area contributed by atoms with Gasteiger partial charge in [-0.25, -0.2) is 8.42 Å². The lowest BCUT2D eigenvalue weighted by atomic mass is 9.86. The highest BCUT2D eigenvalue weighted by Crippen LogP contribution is 2.36. The second-order valence-electron chi connectivity index (χ2n) is 4.63. The van der Waals surface area contributed by atoms with E-state index in [-0.39, 0.29) is 5.75 Å². The molecule has 0 radical (unpaired) electrons. The fourth-order valence-electron chi connectivity index (χ4n) is 2.46. The summed E-state index contributed by atoms with van der Waals surface area (Å²) in [6, 6.07) is 7.08. The highest BCUT2D eigenvalue weighted by Gasteiger charge is 2.40. The first-order valence-electron chi connectivity index (χ1n) is 6.23. The van der Waals surface area contributed by atoms with Crippen molar-refractivity contribution in [2.75, 3.05) is 18.8 Å². The van der Waals surface area contributed by atoms with Gasteiger partial charge < -0.3 is 5.73 Å². The van der Waals surface area contributed by atoms with E-state index in [1.807, 2.05) is 12.1 Å². The third-order valence-electron chi connectivity index (χ3n) is 3.58. The molecule has 1 aliphatic rings. The molecule has 0 saturated carbocycles. The van der Waals surface area contributed by atoms with Crippen LogP contribution in [0.25, 0.3) is 0 Å². The molecule has 102 valence electrons. The Morgan fingerprint density at radius 3 is 2.84 bits per heavy atom. The molecule has 2 rings (SSSR count). The maximum absolute atomic E-state index is 12.1. The van der Waals surface area contributed by atoms with Crippen LogP contribution < -0.4 is 11.1 Å². The van der Waals surface area contributed by atoms with E-state index >= 15 is 0 Å². The first-order chi connectivity index (χ1) is 9.06. The van der Waals surface area contributed by atoms with Crippen molar-refractivity contribution in [1.82, 2.24) is 5.32 Å². The zero-order valence-electron chi connectivity index (χ0n) is 10.9. The topological polar surface area (TPSA) is 72.2 Å². The predicted molar refractivity (Wildman–Crippen MR) is 75.3 cm³/mol. The molecule has 1 heterocycles. The fourth-order valence-corrected chi connectivity index (χ4v) is 4.18. The van der Waals surface area contributed by atoms with Gasteiger partial charge in [0.2, 0.25) is 0 Å². The first-order valence-corrected chi connectivity index (χ1v) is 7.88. The van der Waals surface area contributed by atoms with Crippen LogP contribution in [0.1, 0.15) is 18.9 Å². The molecule has 19 heavy (non-hydrogen) atoms. The number of rotatable bonds is 3. The second kappa shape index (κ2) is 5.33. The van der Waals surface area contributed by atoms with Gasteiger partial charge in [0.25, 0.3) is 0 Å². The smallest absolute Gasteiger partial charge is 0.178 e. The van der Waals surface area contributed by atoms with E-state index in [0.29, 0.717) is 24.4 Å². The summed E-state index contributed by atoms with van der Waals surface area (Å²) in [6.07, 6.45) is 0.480. The van der Waals surface area contributed by atoms with Gasteiger partial charge >= 0.3 is 0 Å². The number of sulfone groups is 1. The molecule has 3 N–H and O–H groups in total. The van der Waals surface area contributed by atoms with E-state index < -0.39 is 15.4 Å². The third kappa shape index (κ3) is 2.52. The van der Waals surface area contributed by atoms with Crippen molar-refractivity contribution in [3.63, 3.8) is 0 Å². The SMILES string of the molecule is CC#CCNC1(CN)CCS(=O)(=O)c2ccccc21. The fraction of sp³-hybridized carbons (Fsp3) is 0.429. The molecule has 0 saturated heterocycles. The molecule has 1 aromatic carbocycles. The van der Waals surface area contributed by atoms with Gasteiger partial charge in [-0.2, -0.15) is 0 Å². The first kappa shape index (κ1) is 14.1. The van der Waals surface area contributed by atoms with Crippen LogP contribution in [-0.2, 0) is 15.4 Å². The van der Waals surface area contributed by atoms with Crippen molar-refractivity contribution in [3.05, 3.63) is 29.8 Å². The summed E-state index contributed by atoms with van der Waals surface area (Å²) < 4.78 is 24.2. The predicted octanol–water partition coefficient (Wildman–Crippen LogP) is 0.631. The van der Waals surface area contributed by atoms with Gasteiger partial charge in [0.05, 0.1) is 22.7 Å². The Morgan fingerprint density at radius 2 is 2.16 bits per heavy atom. The molecular weight excluding hydrogens is 260 g/mol. The summed E-state index contributed by atoms with van der Waals surface area (Å²) in [7, 11) is -3.19. The molecule has 0 spiro atoms. The summed E-state index contributed by atoms with van der Waals surface area (Å²) in [4.78, 5) is 0.392. The summed E-state index contributed by atoms with van der Waals surface area (Å²) in [5.74, 6) is 5.88. The van der Waals surface area contributed by atoms with Crippen molar-refractivity contribution >= 4 is 9.84 Å². The van der Waals surface area contributed by atoms with E-state index in [0.717, 1.165) is 5.56 Å². The number of benzene rings is 1. The number of nitrogens with one attached hydrogen (secondary N) is 1. The molecule has 1 atom stereocenters. The second-order valence-corrected chi connectivity index (χ2v) is 6.71. The van der Waals surface area contributed by atoms with E-state index in [2.05, 4.69) is 17.2 Å². The molecule has 0 amide bonds. The number of hydrogen-bond acceptors (Lipinski definition) is 4. The van der Waals surface area contributed by atoms with Crippen molar-refractivity contribution in [2.45, 2.75) is 23.8 Å². The third-order valence-corrected chi connectivity index (χ3v) is 5.34. The van der Waals surface area contributed by atoms with Crippen LogP contribution in [0.4, 0.5) is 0 Å². The van der Waals surface area contributed by atoms with E-state index in [9.17, 15) is 8.42 Å². The zero-order chi connectivity index (χ0) is 13.9. The maximum Gasteiger partial charge on any atom is 0.178 e. The van der Waals surface area contributed by atoms with Crippen LogP contribution in [0.3, 0.4) is 0 Å². The maximum atomic E-state index is 12.1. The minimum Gasteiger partial charge on any atom is -0.328 e. The van der Waals surface area contributed by atoms with Gasteiger partial charge in [0, 0.05) is 6.54 Å². The highest BCUT2D eigenvalue weighted by atomic mass is 32.2. The molecule has 1 unspecified atom stereocenters. The van der Waals surface area contributed by atoms with Gasteiger partial charge in [-0.1, -0.05) is 24.1 Å². The van der Waals surface area contributed by atoms with Gasteiger partial charge in [-0.15, -0.1) is 5.92 Å². The van der Waals surface area contributed by atoms with Gasteiger partial charge in [0.1, 0.15) is 0 Å². The Hall–Kier alpha value is -1.35.